The molecule has 0 aliphatic carbocycles. The number of aliphatic hydroxyl groups excluding tert-OH is 1. The summed E-state index contributed by atoms with van der Waals surface area (Å²) in [6, 6.07) is 0.345. The summed E-state index contributed by atoms with van der Waals surface area (Å²) in [5.41, 5.74) is -0.492. The van der Waals surface area contributed by atoms with Gasteiger partial charge in [-0.15, -0.1) is 0 Å². The van der Waals surface area contributed by atoms with Gasteiger partial charge in [0.2, 0.25) is 5.91 Å². The number of nitrogens with one attached hydrogen (secondary N) is 2. The van der Waals surface area contributed by atoms with Crippen LogP contribution in [0.4, 0.5) is 0 Å². The Labute approximate surface area is 92.4 Å². The lowest BCUT2D eigenvalue weighted by atomic mass is 10.0. The highest BCUT2D eigenvalue weighted by Gasteiger charge is 2.22. The molecule has 0 aromatic rings. The molecule has 3 N–H and O–H groups in total. The molecule has 0 radical (unpaired) electrons. The molecule has 0 heterocycles. The van der Waals surface area contributed by atoms with Crippen LogP contribution < -0.4 is 10.6 Å². The Kier molecular flexibility index (Phi) is 6.52. The fourth-order valence-electron chi connectivity index (χ4n) is 1.03. The summed E-state index contributed by atoms with van der Waals surface area (Å²) in [6.07, 6.45) is 1.72. The first kappa shape index (κ1) is 14.4. The van der Waals surface area contributed by atoms with Crippen LogP contribution in [0.5, 0.6) is 0 Å². The van der Waals surface area contributed by atoms with E-state index in [0.717, 1.165) is 12.8 Å². The van der Waals surface area contributed by atoms with E-state index in [4.69, 9.17) is 5.11 Å². The molecule has 90 valence electrons. The van der Waals surface area contributed by atoms with Crippen LogP contribution in [-0.4, -0.2) is 35.7 Å². The van der Waals surface area contributed by atoms with Crippen LogP contribution in [0, 0.1) is 0 Å². The standard InChI is InChI=1S/C11H24N2O2/c1-5-9(3)12-7-10(15)13-11(4,6-2)8-14/h9,12,14H,5-8H2,1-4H3,(H,13,15). The van der Waals surface area contributed by atoms with Gasteiger partial charge >= 0.3 is 0 Å². The second-order valence-corrected chi connectivity index (χ2v) is 4.31. The number of carbonyl (C=O) groups is 1. The second-order valence-electron chi connectivity index (χ2n) is 4.31. The third-order valence-electron chi connectivity index (χ3n) is 2.79. The molecule has 2 unspecified atom stereocenters. The maximum atomic E-state index is 11.5. The Morgan fingerprint density at radius 1 is 1.47 bits per heavy atom. The minimum atomic E-state index is -0.492. The van der Waals surface area contributed by atoms with Crippen LogP contribution in [0.2, 0.25) is 0 Å². The molecular formula is C11H24N2O2. The molecule has 0 rings (SSSR count). The van der Waals surface area contributed by atoms with Gasteiger partial charge in [-0.25, -0.2) is 0 Å². The van der Waals surface area contributed by atoms with Crippen LogP contribution in [0.3, 0.4) is 0 Å². The summed E-state index contributed by atoms with van der Waals surface area (Å²) in [4.78, 5) is 11.5. The van der Waals surface area contributed by atoms with Crippen molar-refractivity contribution < 1.29 is 9.90 Å². The Morgan fingerprint density at radius 2 is 2.07 bits per heavy atom. The van der Waals surface area contributed by atoms with E-state index in [2.05, 4.69) is 17.6 Å². The van der Waals surface area contributed by atoms with Crippen molar-refractivity contribution in [3.05, 3.63) is 0 Å². The van der Waals surface area contributed by atoms with E-state index in [-0.39, 0.29) is 12.5 Å². The zero-order valence-corrected chi connectivity index (χ0v) is 10.3. The average Bonchev–Trinajstić information content (AvgIpc) is 2.25. The number of rotatable bonds is 7. The second kappa shape index (κ2) is 6.80. The van der Waals surface area contributed by atoms with Crippen molar-refractivity contribution in [3.8, 4) is 0 Å². The number of hydrogen-bond acceptors (Lipinski definition) is 3. The minimum Gasteiger partial charge on any atom is -0.394 e. The summed E-state index contributed by atoms with van der Waals surface area (Å²) < 4.78 is 0. The van der Waals surface area contributed by atoms with E-state index in [1.807, 2.05) is 20.8 Å². The van der Waals surface area contributed by atoms with Gasteiger partial charge in [0.1, 0.15) is 0 Å². The number of hydrogen-bond donors (Lipinski definition) is 3. The normalized spacial score (nSPS) is 16.9. The smallest absolute Gasteiger partial charge is 0.234 e. The SMILES string of the molecule is CCC(C)NCC(=O)NC(C)(CC)CO. The zero-order valence-electron chi connectivity index (χ0n) is 10.3. The molecule has 4 nitrogen and oxygen atoms in total. The van der Waals surface area contributed by atoms with Gasteiger partial charge in [0.15, 0.2) is 0 Å². The van der Waals surface area contributed by atoms with Gasteiger partial charge in [0, 0.05) is 6.04 Å². The summed E-state index contributed by atoms with van der Waals surface area (Å²) in [6.45, 7) is 8.17. The number of aliphatic hydroxyl groups is 1. The van der Waals surface area contributed by atoms with Gasteiger partial charge in [-0.05, 0) is 26.7 Å². The van der Waals surface area contributed by atoms with Gasteiger partial charge in [0.25, 0.3) is 0 Å². The molecule has 1 amide bonds. The van der Waals surface area contributed by atoms with Crippen molar-refractivity contribution >= 4 is 5.91 Å². The van der Waals surface area contributed by atoms with E-state index in [9.17, 15) is 4.79 Å². The molecule has 0 bridgehead atoms. The first-order valence-electron chi connectivity index (χ1n) is 5.62. The van der Waals surface area contributed by atoms with Gasteiger partial charge in [-0.3, -0.25) is 4.79 Å². The van der Waals surface area contributed by atoms with Crippen molar-refractivity contribution in [3.63, 3.8) is 0 Å². The maximum absolute atomic E-state index is 11.5. The highest BCUT2D eigenvalue weighted by Crippen LogP contribution is 2.06. The van der Waals surface area contributed by atoms with Crippen LogP contribution in [0.15, 0.2) is 0 Å². The van der Waals surface area contributed by atoms with Gasteiger partial charge in [0.05, 0.1) is 18.7 Å². The molecule has 0 saturated heterocycles. The monoisotopic (exact) mass is 216 g/mol. The molecule has 0 spiro atoms. The molecule has 4 heteroatoms. The maximum Gasteiger partial charge on any atom is 0.234 e. The van der Waals surface area contributed by atoms with Crippen molar-refractivity contribution in [2.24, 2.45) is 0 Å². The lowest BCUT2D eigenvalue weighted by molar-refractivity contribution is -0.122. The van der Waals surface area contributed by atoms with Crippen molar-refractivity contribution in [1.29, 1.82) is 0 Å². The highest BCUT2D eigenvalue weighted by molar-refractivity contribution is 5.78. The van der Waals surface area contributed by atoms with Crippen molar-refractivity contribution in [1.82, 2.24) is 10.6 Å². The van der Waals surface area contributed by atoms with E-state index in [1.165, 1.54) is 0 Å². The third kappa shape index (κ3) is 5.74. The average molecular weight is 216 g/mol. The lowest BCUT2D eigenvalue weighted by Gasteiger charge is -2.27. The molecule has 0 aliphatic rings. The van der Waals surface area contributed by atoms with E-state index in [1.54, 1.807) is 0 Å². The molecule has 0 fully saturated rings. The molecule has 0 aromatic carbocycles. The van der Waals surface area contributed by atoms with Crippen molar-refractivity contribution in [2.45, 2.75) is 52.1 Å². The summed E-state index contributed by atoms with van der Waals surface area (Å²) in [5.74, 6) is -0.0614. The molecule has 0 aliphatic heterocycles. The fourth-order valence-corrected chi connectivity index (χ4v) is 1.03. The van der Waals surface area contributed by atoms with Crippen LogP contribution in [-0.2, 0) is 4.79 Å². The Balaban J connectivity index is 3.92. The first-order chi connectivity index (χ1) is 6.97. The molecule has 2 atom stereocenters. The van der Waals surface area contributed by atoms with Crippen LogP contribution in [0.25, 0.3) is 0 Å². The van der Waals surface area contributed by atoms with E-state index < -0.39 is 5.54 Å². The van der Waals surface area contributed by atoms with E-state index in [0.29, 0.717) is 12.6 Å². The molecule has 0 aromatic heterocycles. The summed E-state index contributed by atoms with van der Waals surface area (Å²) >= 11 is 0. The number of amides is 1. The van der Waals surface area contributed by atoms with Gasteiger partial charge in [-0.1, -0.05) is 13.8 Å². The largest absolute Gasteiger partial charge is 0.394 e. The Hall–Kier alpha value is -0.610. The summed E-state index contributed by atoms with van der Waals surface area (Å²) in [7, 11) is 0. The predicted octanol–water partition coefficient (Wildman–Crippen LogP) is 0.652. The zero-order chi connectivity index (χ0) is 11.9. The molecular weight excluding hydrogens is 192 g/mol. The highest BCUT2D eigenvalue weighted by atomic mass is 16.3. The minimum absolute atomic E-state index is 0.0292. The van der Waals surface area contributed by atoms with Gasteiger partial charge < -0.3 is 15.7 Å². The van der Waals surface area contributed by atoms with Crippen LogP contribution in [0.1, 0.15) is 40.5 Å². The Morgan fingerprint density at radius 3 is 2.47 bits per heavy atom. The van der Waals surface area contributed by atoms with Crippen molar-refractivity contribution in [2.75, 3.05) is 13.2 Å². The fraction of sp³-hybridized carbons (Fsp3) is 0.909. The molecule has 0 saturated carbocycles. The summed E-state index contributed by atoms with van der Waals surface area (Å²) in [5, 5.41) is 15.1. The quantitative estimate of drug-likeness (QED) is 0.585. The van der Waals surface area contributed by atoms with Crippen LogP contribution >= 0.6 is 0 Å². The number of carbonyl (C=O) groups excluding carboxylic acids is 1. The van der Waals surface area contributed by atoms with E-state index >= 15 is 0 Å². The van der Waals surface area contributed by atoms with Gasteiger partial charge in [-0.2, -0.15) is 0 Å². The predicted molar refractivity (Wildman–Crippen MR) is 61.7 cm³/mol. The Bertz CT molecular complexity index is 191. The molecule has 15 heavy (non-hydrogen) atoms. The third-order valence-corrected chi connectivity index (χ3v) is 2.79. The first-order valence-corrected chi connectivity index (χ1v) is 5.62. The lowest BCUT2D eigenvalue weighted by Crippen LogP contribution is -2.51. The topological polar surface area (TPSA) is 61.4 Å².